The van der Waals surface area contributed by atoms with Gasteiger partial charge in [0, 0.05) is 16.6 Å². The number of aromatic nitrogens is 2. The van der Waals surface area contributed by atoms with Crippen molar-refractivity contribution in [2.75, 3.05) is 5.32 Å². The average molecular weight is 257 g/mol. The van der Waals surface area contributed by atoms with E-state index in [0.29, 0.717) is 0 Å². The minimum absolute atomic E-state index is 0.229. The summed E-state index contributed by atoms with van der Waals surface area (Å²) in [5.74, 6) is 0.997. The summed E-state index contributed by atoms with van der Waals surface area (Å²) in [4.78, 5) is 9.68. The fraction of sp³-hybridized carbons (Fsp3) is 0.0769. The highest BCUT2D eigenvalue weighted by molar-refractivity contribution is 7.19. The zero-order valence-electron chi connectivity index (χ0n) is 9.71. The summed E-state index contributed by atoms with van der Waals surface area (Å²) in [5, 5.41) is 12.6. The molecule has 5 heteroatoms. The highest BCUT2D eigenvalue weighted by Crippen LogP contribution is 2.30. The number of rotatable bonds is 2. The second-order valence-electron chi connectivity index (χ2n) is 3.97. The topological polar surface area (TPSA) is 58.0 Å². The van der Waals surface area contributed by atoms with Crippen molar-refractivity contribution in [2.45, 2.75) is 6.92 Å². The van der Waals surface area contributed by atoms with Gasteiger partial charge in [-0.2, -0.15) is 0 Å². The highest BCUT2D eigenvalue weighted by atomic mass is 32.1. The van der Waals surface area contributed by atoms with Crippen molar-refractivity contribution in [1.29, 1.82) is 0 Å². The first kappa shape index (κ1) is 11.0. The molecule has 3 aromatic rings. The van der Waals surface area contributed by atoms with E-state index in [1.54, 1.807) is 35.9 Å². The molecule has 0 radical (unpaired) electrons. The molecule has 0 amide bonds. The molecule has 0 saturated carbocycles. The summed E-state index contributed by atoms with van der Waals surface area (Å²) in [6, 6.07) is 9.00. The smallest absolute Gasteiger partial charge is 0.151 e. The third-order valence-electron chi connectivity index (χ3n) is 2.54. The Morgan fingerprint density at radius 3 is 2.94 bits per heavy atom. The molecule has 90 valence electrons. The SMILES string of the molecule is Cc1cc2ncnc(Nc3cccc(O)c3)c2s1. The molecule has 0 unspecified atom stereocenters. The number of nitrogens with one attached hydrogen (secondary N) is 1. The maximum Gasteiger partial charge on any atom is 0.151 e. The van der Waals surface area contributed by atoms with Crippen molar-refractivity contribution in [3.05, 3.63) is 41.5 Å². The molecule has 2 heterocycles. The van der Waals surface area contributed by atoms with Crippen molar-refractivity contribution in [2.24, 2.45) is 0 Å². The Balaban J connectivity index is 2.04. The van der Waals surface area contributed by atoms with Crippen LogP contribution in [0.3, 0.4) is 0 Å². The van der Waals surface area contributed by atoms with E-state index < -0.39 is 0 Å². The number of phenolic OH excluding ortho intramolecular Hbond substituents is 1. The van der Waals surface area contributed by atoms with E-state index in [4.69, 9.17) is 0 Å². The van der Waals surface area contributed by atoms with Gasteiger partial charge < -0.3 is 10.4 Å². The van der Waals surface area contributed by atoms with Gasteiger partial charge in [-0.15, -0.1) is 11.3 Å². The fourth-order valence-corrected chi connectivity index (χ4v) is 2.69. The monoisotopic (exact) mass is 257 g/mol. The van der Waals surface area contributed by atoms with Gasteiger partial charge in [-0.3, -0.25) is 0 Å². The zero-order chi connectivity index (χ0) is 12.5. The second kappa shape index (κ2) is 4.27. The van der Waals surface area contributed by atoms with Crippen LogP contribution in [0.25, 0.3) is 10.2 Å². The third-order valence-corrected chi connectivity index (χ3v) is 3.59. The molecule has 18 heavy (non-hydrogen) atoms. The summed E-state index contributed by atoms with van der Waals surface area (Å²) in [6.07, 6.45) is 1.54. The average Bonchev–Trinajstić information content (AvgIpc) is 2.71. The van der Waals surface area contributed by atoms with E-state index >= 15 is 0 Å². The predicted molar refractivity (Wildman–Crippen MR) is 73.5 cm³/mol. The Morgan fingerprint density at radius 1 is 1.22 bits per heavy atom. The van der Waals surface area contributed by atoms with Gasteiger partial charge in [-0.05, 0) is 25.1 Å². The summed E-state index contributed by atoms with van der Waals surface area (Å²) in [5.41, 5.74) is 1.75. The van der Waals surface area contributed by atoms with Gasteiger partial charge in [-0.1, -0.05) is 6.07 Å². The standard InChI is InChI=1S/C13H11N3OS/c1-8-5-11-12(18-8)13(15-7-14-11)16-9-3-2-4-10(17)6-9/h2-7,17H,1H3,(H,14,15,16). The summed E-state index contributed by atoms with van der Waals surface area (Å²) in [6.45, 7) is 2.05. The van der Waals surface area contributed by atoms with Gasteiger partial charge in [0.15, 0.2) is 5.82 Å². The van der Waals surface area contributed by atoms with Crippen LogP contribution >= 0.6 is 11.3 Å². The normalized spacial score (nSPS) is 10.7. The maximum absolute atomic E-state index is 9.44. The van der Waals surface area contributed by atoms with Gasteiger partial charge in [0.2, 0.25) is 0 Å². The lowest BCUT2D eigenvalue weighted by Crippen LogP contribution is -1.93. The molecule has 2 N–H and O–H groups in total. The van der Waals surface area contributed by atoms with Gasteiger partial charge in [0.25, 0.3) is 0 Å². The first-order valence-electron chi connectivity index (χ1n) is 5.49. The number of hydrogen-bond donors (Lipinski definition) is 2. The van der Waals surface area contributed by atoms with Crippen LogP contribution in [0.2, 0.25) is 0 Å². The lowest BCUT2D eigenvalue weighted by atomic mass is 10.3. The minimum Gasteiger partial charge on any atom is -0.508 e. The van der Waals surface area contributed by atoms with Crippen LogP contribution in [0.15, 0.2) is 36.7 Å². The van der Waals surface area contributed by atoms with Gasteiger partial charge in [0.05, 0.1) is 10.2 Å². The Morgan fingerprint density at radius 2 is 2.11 bits per heavy atom. The Bertz CT molecular complexity index is 708. The molecule has 0 bridgehead atoms. The van der Waals surface area contributed by atoms with Crippen molar-refractivity contribution >= 4 is 33.1 Å². The van der Waals surface area contributed by atoms with Crippen LogP contribution in [0, 0.1) is 6.92 Å². The lowest BCUT2D eigenvalue weighted by Gasteiger charge is -2.06. The number of phenols is 1. The van der Waals surface area contributed by atoms with Gasteiger partial charge in [0.1, 0.15) is 12.1 Å². The third kappa shape index (κ3) is 2.00. The first-order valence-corrected chi connectivity index (χ1v) is 6.31. The first-order chi connectivity index (χ1) is 8.72. The van der Waals surface area contributed by atoms with Crippen LogP contribution in [0.5, 0.6) is 5.75 Å². The van der Waals surface area contributed by atoms with E-state index in [1.807, 2.05) is 19.1 Å². The molecule has 0 aliphatic carbocycles. The fourth-order valence-electron chi connectivity index (χ4n) is 1.78. The molecule has 0 aliphatic rings. The van der Waals surface area contributed by atoms with E-state index in [2.05, 4.69) is 15.3 Å². The number of benzene rings is 1. The molecule has 3 rings (SSSR count). The van der Waals surface area contributed by atoms with Crippen LogP contribution in [0.1, 0.15) is 4.88 Å². The summed E-state index contributed by atoms with van der Waals surface area (Å²) in [7, 11) is 0. The number of aryl methyl sites for hydroxylation is 1. The molecule has 0 fully saturated rings. The molecule has 0 spiro atoms. The molecule has 0 aliphatic heterocycles. The Hall–Kier alpha value is -2.14. The number of thiophene rings is 1. The minimum atomic E-state index is 0.229. The molecule has 4 nitrogen and oxygen atoms in total. The van der Waals surface area contributed by atoms with E-state index in [1.165, 1.54) is 4.88 Å². The van der Waals surface area contributed by atoms with E-state index in [0.717, 1.165) is 21.7 Å². The number of hydrogen-bond acceptors (Lipinski definition) is 5. The van der Waals surface area contributed by atoms with Crippen molar-refractivity contribution in [3.63, 3.8) is 0 Å². The summed E-state index contributed by atoms with van der Waals surface area (Å²) >= 11 is 1.65. The molecule has 2 aromatic heterocycles. The summed E-state index contributed by atoms with van der Waals surface area (Å²) < 4.78 is 1.03. The van der Waals surface area contributed by atoms with Crippen LogP contribution in [0.4, 0.5) is 11.5 Å². The Labute approximate surface area is 108 Å². The predicted octanol–water partition coefficient (Wildman–Crippen LogP) is 3.45. The second-order valence-corrected chi connectivity index (χ2v) is 5.23. The van der Waals surface area contributed by atoms with Gasteiger partial charge in [-0.25, -0.2) is 9.97 Å². The van der Waals surface area contributed by atoms with Crippen molar-refractivity contribution in [3.8, 4) is 5.75 Å². The van der Waals surface area contributed by atoms with Gasteiger partial charge >= 0.3 is 0 Å². The van der Waals surface area contributed by atoms with E-state index in [-0.39, 0.29) is 5.75 Å². The lowest BCUT2D eigenvalue weighted by molar-refractivity contribution is 0.475. The molecule has 0 saturated heterocycles. The Kier molecular flexibility index (Phi) is 2.60. The quantitative estimate of drug-likeness (QED) is 0.738. The van der Waals surface area contributed by atoms with Crippen LogP contribution in [-0.4, -0.2) is 15.1 Å². The number of nitrogens with zero attached hydrogens (tertiary/aromatic N) is 2. The van der Waals surface area contributed by atoms with Crippen LogP contribution in [-0.2, 0) is 0 Å². The molecule has 1 aromatic carbocycles. The van der Waals surface area contributed by atoms with Crippen molar-refractivity contribution in [1.82, 2.24) is 9.97 Å². The number of aromatic hydroxyl groups is 1. The molecular weight excluding hydrogens is 246 g/mol. The highest BCUT2D eigenvalue weighted by Gasteiger charge is 2.07. The largest absolute Gasteiger partial charge is 0.508 e. The molecular formula is C13H11N3OS. The zero-order valence-corrected chi connectivity index (χ0v) is 10.5. The number of anilines is 2. The number of fused-ring (bicyclic) bond motifs is 1. The maximum atomic E-state index is 9.44. The van der Waals surface area contributed by atoms with Crippen LogP contribution < -0.4 is 5.32 Å². The molecule has 0 atom stereocenters. The van der Waals surface area contributed by atoms with Crippen molar-refractivity contribution < 1.29 is 5.11 Å². The van der Waals surface area contributed by atoms with E-state index in [9.17, 15) is 5.11 Å².